The molecule has 2 N–H and O–H groups in total. The lowest BCUT2D eigenvalue weighted by Crippen LogP contribution is -2.60. The van der Waals surface area contributed by atoms with Crippen LogP contribution in [0.1, 0.15) is 36.2 Å². The predicted octanol–water partition coefficient (Wildman–Crippen LogP) is 5.50. The maximum Gasteiger partial charge on any atom is 0.321 e. The first-order valence-electron chi connectivity index (χ1n) is 12.3. The van der Waals surface area contributed by atoms with Crippen molar-refractivity contribution in [1.29, 1.82) is 5.26 Å². The topological polar surface area (TPSA) is 122 Å². The Labute approximate surface area is 251 Å². The largest absolute Gasteiger partial charge is 0.509 e. The summed E-state index contributed by atoms with van der Waals surface area (Å²) >= 11 is 0.949. The second kappa shape index (κ2) is 11.3. The zero-order chi connectivity index (χ0) is 31.1. The molecule has 0 saturated carbocycles. The number of hydrogen-bond acceptors (Lipinski definition) is 7. The maximum absolute atomic E-state index is 14.5. The van der Waals surface area contributed by atoms with Gasteiger partial charge in [0.25, 0.3) is 11.8 Å². The molecule has 42 heavy (non-hydrogen) atoms. The van der Waals surface area contributed by atoms with E-state index in [9.17, 15) is 37.5 Å². The Morgan fingerprint density at radius 3 is 2.55 bits per heavy atom. The number of halogens is 5. The van der Waals surface area contributed by atoms with Crippen LogP contribution in [0, 0.1) is 29.9 Å². The first kappa shape index (κ1) is 30.8. The number of nitrogens with one attached hydrogen (secondary N) is 1. The van der Waals surface area contributed by atoms with Crippen LogP contribution in [0.25, 0.3) is 11.3 Å². The number of likely N-dealkylation sites (N-methyl/N-ethyl adjacent to an activating group) is 1. The zero-order valence-electron chi connectivity index (χ0n) is 22.6. The molecule has 2 heterocycles. The standard InChI is InChI=1S/C28H23F4IN6O3/c1-14-20(11-34)35-13-36-23(14)17-10-16(28(31,32)33)8-9-19(17)37-25(41)21-24(40)27(2,3)38(4)39(26(21)42)12-15-6-5-7-18(29)22(15)30/h5-10,13,40H,12H2,1-4H3,(H,37,41). The average molecular weight is 694 g/mol. The molecular formula is C28H23F4IN6O3. The summed E-state index contributed by atoms with van der Waals surface area (Å²) in [5.74, 6) is -5.01. The third kappa shape index (κ3) is 5.53. The van der Waals surface area contributed by atoms with Gasteiger partial charge < -0.3 is 10.4 Å². The molecule has 2 aromatic carbocycles. The summed E-state index contributed by atoms with van der Waals surface area (Å²) in [6, 6.07) is 8.70. The molecule has 1 aliphatic rings. The minimum atomic E-state index is -3.30. The van der Waals surface area contributed by atoms with Gasteiger partial charge in [0.05, 0.1) is 23.5 Å². The monoisotopic (exact) mass is 694 g/mol. The molecule has 1 aliphatic heterocycles. The van der Waals surface area contributed by atoms with Crippen LogP contribution < -0.4 is 5.32 Å². The molecule has 0 spiro atoms. The number of nitriles is 1. The number of rotatable bonds is 6. The van der Waals surface area contributed by atoms with Crippen LogP contribution in [0.15, 0.2) is 54.1 Å². The smallest absolute Gasteiger partial charge is 0.321 e. The van der Waals surface area contributed by atoms with E-state index in [0.717, 1.165) is 52.1 Å². The average Bonchev–Trinajstić information content (AvgIpc) is 2.92. The molecule has 3 aromatic rings. The van der Waals surface area contributed by atoms with E-state index in [0.29, 0.717) is 0 Å². The van der Waals surface area contributed by atoms with Gasteiger partial charge in [-0.3, -0.25) is 14.6 Å². The predicted molar refractivity (Wildman–Crippen MR) is 152 cm³/mol. The number of aliphatic hydroxyl groups excluding tert-OH is 1. The molecule has 218 valence electrons. The molecule has 1 aromatic heterocycles. The van der Waals surface area contributed by atoms with Crippen LogP contribution in [0.3, 0.4) is 0 Å². The van der Waals surface area contributed by atoms with Gasteiger partial charge in [0.2, 0.25) is 0 Å². The first-order valence-corrected chi connectivity index (χ1v) is 13.3. The number of amides is 2. The number of hydrazine groups is 1. The van der Waals surface area contributed by atoms with Crippen molar-refractivity contribution in [3.63, 3.8) is 0 Å². The number of hydrogen-bond donors (Lipinski definition) is 2. The molecule has 0 saturated heterocycles. The highest BCUT2D eigenvalue weighted by atomic mass is 127. The van der Waals surface area contributed by atoms with E-state index < -0.39 is 56.4 Å². The fourth-order valence-corrected chi connectivity index (χ4v) is 4.72. The van der Waals surface area contributed by atoms with Crippen LogP contribution in [-0.4, -0.2) is 49.5 Å². The first-order chi connectivity index (χ1) is 19.6. The van der Waals surface area contributed by atoms with E-state index in [2.05, 4.69) is 15.3 Å². The van der Waals surface area contributed by atoms with Crippen molar-refractivity contribution in [2.24, 2.45) is 0 Å². The molecule has 9 nitrogen and oxygen atoms in total. The van der Waals surface area contributed by atoms with Gasteiger partial charge in [0, 0.05) is 51.9 Å². The summed E-state index contributed by atoms with van der Waals surface area (Å²) < 4.78 is 53.5. The Hall–Kier alpha value is -4.10. The van der Waals surface area contributed by atoms with Gasteiger partial charge in [0.15, 0.2) is 11.6 Å². The minimum Gasteiger partial charge on any atom is -0.509 e. The summed E-state index contributed by atoms with van der Waals surface area (Å²) in [5.41, 5.74) is -2.37. The molecule has 4 rings (SSSR count). The molecule has 0 aliphatic carbocycles. The third-order valence-electron chi connectivity index (χ3n) is 7.05. The lowest BCUT2D eigenvalue weighted by atomic mass is 9.93. The van der Waals surface area contributed by atoms with Crippen molar-refractivity contribution >= 4 is 40.1 Å². The Bertz CT molecular complexity index is 1680. The third-order valence-corrected chi connectivity index (χ3v) is 7.68. The van der Waals surface area contributed by atoms with Crippen LogP contribution >= 0.6 is 22.6 Å². The fourth-order valence-electron chi connectivity index (χ4n) is 4.39. The lowest BCUT2D eigenvalue weighted by Gasteiger charge is -2.46. The summed E-state index contributed by atoms with van der Waals surface area (Å²) in [5, 5.41) is 25.2. The number of carbonyl (C=O) groups excluding carboxylic acids is 2. The Morgan fingerprint density at radius 1 is 1.21 bits per heavy atom. The quantitative estimate of drug-likeness (QED) is 0.151. The zero-order valence-corrected chi connectivity index (χ0v) is 24.8. The van der Waals surface area contributed by atoms with Gasteiger partial charge >= 0.3 is 3.93 Å². The van der Waals surface area contributed by atoms with E-state index in [1.807, 2.05) is 6.07 Å². The van der Waals surface area contributed by atoms with Gasteiger partial charge in [-0.2, -0.15) is 14.0 Å². The van der Waals surface area contributed by atoms with E-state index in [1.165, 1.54) is 51.0 Å². The molecule has 0 fully saturated rings. The fraction of sp³-hybridized carbons (Fsp3) is 0.250. The number of nitrogens with zero attached hydrogens (tertiary/aromatic N) is 5. The van der Waals surface area contributed by atoms with E-state index >= 15 is 0 Å². The molecule has 0 radical (unpaired) electrons. The second-order valence-corrected chi connectivity index (χ2v) is 11.3. The molecule has 0 atom stereocenters. The van der Waals surface area contributed by atoms with E-state index in [1.54, 1.807) is 0 Å². The van der Waals surface area contributed by atoms with Crippen molar-refractivity contribution < 1.29 is 32.3 Å². The molecule has 0 bridgehead atoms. The SMILES string of the molecule is Cc1c(C#N)ncnc1-c1cc(C(F)(F)I)ccc1NC(=O)C1=C(O)C(C)(C)N(C)N(Cc2cccc(F)c2F)C1=O. The minimum absolute atomic E-state index is 0.00649. The number of aromatic nitrogens is 2. The summed E-state index contributed by atoms with van der Waals surface area (Å²) in [4.78, 5) is 35.2. The van der Waals surface area contributed by atoms with E-state index in [4.69, 9.17) is 0 Å². The molecular weight excluding hydrogens is 671 g/mol. The summed E-state index contributed by atoms with van der Waals surface area (Å²) in [6.45, 7) is 4.06. The summed E-state index contributed by atoms with van der Waals surface area (Å²) in [6.07, 6.45) is 1.07. The van der Waals surface area contributed by atoms with Gasteiger partial charge in [-0.05, 0) is 39.0 Å². The molecule has 2 amide bonds. The van der Waals surface area contributed by atoms with Crippen molar-refractivity contribution in [3.05, 3.63) is 88.1 Å². The number of carbonyl (C=O) groups is 2. The number of alkyl halides is 3. The highest BCUT2D eigenvalue weighted by Gasteiger charge is 2.46. The Kier molecular flexibility index (Phi) is 8.29. The Morgan fingerprint density at radius 2 is 1.90 bits per heavy atom. The van der Waals surface area contributed by atoms with Crippen molar-refractivity contribution in [2.45, 2.75) is 36.8 Å². The van der Waals surface area contributed by atoms with Crippen molar-refractivity contribution in [1.82, 2.24) is 20.0 Å². The van der Waals surface area contributed by atoms with Crippen LogP contribution in [0.5, 0.6) is 0 Å². The maximum atomic E-state index is 14.5. The lowest BCUT2D eigenvalue weighted by molar-refractivity contribution is -0.160. The Balaban J connectivity index is 1.79. The molecule has 14 heteroatoms. The number of aliphatic hydroxyl groups is 1. The van der Waals surface area contributed by atoms with Crippen molar-refractivity contribution in [3.8, 4) is 17.3 Å². The summed E-state index contributed by atoms with van der Waals surface area (Å²) in [7, 11) is 1.44. The second-order valence-electron chi connectivity index (χ2n) is 9.90. The number of benzene rings is 2. The van der Waals surface area contributed by atoms with Crippen LogP contribution in [0.2, 0.25) is 0 Å². The van der Waals surface area contributed by atoms with Gasteiger partial charge in [-0.15, -0.1) is 0 Å². The van der Waals surface area contributed by atoms with Crippen LogP contribution in [0.4, 0.5) is 23.2 Å². The van der Waals surface area contributed by atoms with Gasteiger partial charge in [-0.25, -0.2) is 23.8 Å². The number of anilines is 1. The van der Waals surface area contributed by atoms with E-state index in [-0.39, 0.29) is 33.8 Å². The highest BCUT2D eigenvalue weighted by Crippen LogP contribution is 2.40. The molecule has 0 unspecified atom stereocenters. The van der Waals surface area contributed by atoms with Crippen LogP contribution in [-0.2, 0) is 20.1 Å². The normalized spacial score (nSPS) is 15.5. The van der Waals surface area contributed by atoms with Gasteiger partial charge in [-0.1, -0.05) is 18.2 Å². The highest BCUT2D eigenvalue weighted by molar-refractivity contribution is 14.1. The van der Waals surface area contributed by atoms with Gasteiger partial charge in [0.1, 0.15) is 29.4 Å². The van der Waals surface area contributed by atoms with Crippen molar-refractivity contribution in [2.75, 3.05) is 12.4 Å².